The van der Waals surface area contributed by atoms with Crippen LogP contribution in [0.5, 0.6) is 11.5 Å². The molecule has 1 heterocycles. The van der Waals surface area contributed by atoms with Crippen molar-refractivity contribution in [2.45, 2.75) is 25.2 Å². The van der Waals surface area contributed by atoms with Crippen LogP contribution in [0.2, 0.25) is 10.0 Å². The van der Waals surface area contributed by atoms with Gasteiger partial charge in [-0.05, 0) is 47.2 Å². The Morgan fingerprint density at radius 1 is 1.16 bits per heavy atom. The largest absolute Gasteiger partial charge is 0.490 e. The summed E-state index contributed by atoms with van der Waals surface area (Å²) in [5.74, 6) is 2.15. The Kier molecular flexibility index (Phi) is 9.28. The molecule has 0 bridgehead atoms. The van der Waals surface area contributed by atoms with E-state index in [9.17, 15) is 0 Å². The van der Waals surface area contributed by atoms with Crippen LogP contribution in [-0.2, 0) is 20.2 Å². The van der Waals surface area contributed by atoms with Gasteiger partial charge in [0.05, 0.1) is 6.61 Å². The minimum absolute atomic E-state index is 0.247. The van der Waals surface area contributed by atoms with E-state index in [-0.39, 0.29) is 6.61 Å². The second-order valence-electron chi connectivity index (χ2n) is 6.42. The molecule has 0 saturated heterocycles. The maximum absolute atomic E-state index is 6.25. The van der Waals surface area contributed by atoms with Gasteiger partial charge in [0.15, 0.2) is 11.5 Å². The van der Waals surface area contributed by atoms with Crippen molar-refractivity contribution in [1.82, 2.24) is 25.5 Å². The Labute approximate surface area is 203 Å². The van der Waals surface area contributed by atoms with Crippen LogP contribution >= 0.6 is 50.9 Å². The van der Waals surface area contributed by atoms with Gasteiger partial charge in [-0.1, -0.05) is 57.0 Å². The molecule has 7 nitrogen and oxygen atoms in total. The van der Waals surface area contributed by atoms with Gasteiger partial charge in [-0.2, -0.15) is 0 Å². The number of rotatable bonds is 11. The third kappa shape index (κ3) is 6.73. The second kappa shape index (κ2) is 11.9. The monoisotopic (exact) mass is 545 g/mol. The third-order valence-corrected chi connectivity index (χ3v) is 6.71. The van der Waals surface area contributed by atoms with Gasteiger partial charge in [0.25, 0.3) is 0 Å². The lowest BCUT2D eigenvalue weighted by atomic mass is 10.2. The van der Waals surface area contributed by atoms with E-state index < -0.39 is 0 Å². The normalized spacial score (nSPS) is 11.0. The second-order valence-corrected chi connectivity index (χ2v) is 9.15. The van der Waals surface area contributed by atoms with Gasteiger partial charge in [-0.15, -0.1) is 5.10 Å². The summed E-state index contributed by atoms with van der Waals surface area (Å²) < 4.78 is 14.4. The summed E-state index contributed by atoms with van der Waals surface area (Å²) in [4.78, 5) is 0. The van der Waals surface area contributed by atoms with Crippen molar-refractivity contribution in [3.8, 4) is 11.5 Å². The molecule has 0 spiro atoms. The average molecular weight is 547 g/mol. The zero-order valence-corrected chi connectivity index (χ0v) is 21.0. The van der Waals surface area contributed by atoms with E-state index in [0.717, 1.165) is 33.1 Å². The number of benzene rings is 2. The molecule has 1 aromatic heterocycles. The number of nitrogens with one attached hydrogen (secondary N) is 1. The van der Waals surface area contributed by atoms with Crippen LogP contribution in [-0.4, -0.2) is 39.1 Å². The molecule has 3 aromatic rings. The van der Waals surface area contributed by atoms with Crippen molar-refractivity contribution >= 4 is 50.9 Å². The maximum atomic E-state index is 6.25. The Morgan fingerprint density at radius 3 is 2.58 bits per heavy atom. The van der Waals surface area contributed by atoms with Gasteiger partial charge in [0.1, 0.15) is 6.61 Å². The van der Waals surface area contributed by atoms with Crippen LogP contribution in [0.25, 0.3) is 0 Å². The van der Waals surface area contributed by atoms with Gasteiger partial charge < -0.3 is 14.8 Å². The Bertz CT molecular complexity index is 1000. The highest BCUT2D eigenvalue weighted by molar-refractivity contribution is 9.10. The molecule has 0 atom stereocenters. The molecule has 0 aliphatic heterocycles. The minimum atomic E-state index is 0.247. The van der Waals surface area contributed by atoms with Crippen molar-refractivity contribution in [2.24, 2.45) is 7.05 Å². The number of ether oxygens (including phenoxy) is 2. The first-order valence-corrected chi connectivity index (χ1v) is 12.1. The van der Waals surface area contributed by atoms with Gasteiger partial charge in [-0.3, -0.25) is 0 Å². The molecule has 0 unspecified atom stereocenters. The highest BCUT2D eigenvalue weighted by Gasteiger charge is 2.13. The first-order valence-electron chi connectivity index (χ1n) is 9.56. The highest BCUT2D eigenvalue weighted by atomic mass is 79.9. The maximum Gasteiger partial charge on any atom is 0.209 e. The number of hydrogen-bond acceptors (Lipinski definition) is 7. The first-order chi connectivity index (χ1) is 15.0. The SMILES string of the molecule is CCOc1cc(CNCCSc2nnnn2C)c(Br)cc1OCc1c(Cl)cccc1Cl. The fourth-order valence-electron chi connectivity index (χ4n) is 2.70. The van der Waals surface area contributed by atoms with Gasteiger partial charge >= 0.3 is 0 Å². The van der Waals surface area contributed by atoms with Crippen LogP contribution < -0.4 is 14.8 Å². The molecule has 0 amide bonds. The molecule has 0 radical (unpaired) electrons. The molecular formula is C20H22BrCl2N5O2S. The summed E-state index contributed by atoms with van der Waals surface area (Å²) in [5, 5.41) is 16.8. The van der Waals surface area contributed by atoms with Crippen LogP contribution in [0, 0.1) is 0 Å². The van der Waals surface area contributed by atoms with E-state index in [1.165, 1.54) is 0 Å². The van der Waals surface area contributed by atoms with Gasteiger partial charge in [0, 0.05) is 46.0 Å². The van der Waals surface area contributed by atoms with Crippen LogP contribution in [0.1, 0.15) is 18.1 Å². The van der Waals surface area contributed by atoms with Crippen LogP contribution in [0.4, 0.5) is 0 Å². The molecule has 166 valence electrons. The number of thioether (sulfide) groups is 1. The van der Waals surface area contributed by atoms with Crippen molar-refractivity contribution < 1.29 is 9.47 Å². The fraction of sp³-hybridized carbons (Fsp3) is 0.350. The zero-order valence-electron chi connectivity index (χ0n) is 17.1. The molecule has 3 rings (SSSR count). The molecule has 2 aromatic carbocycles. The molecule has 0 aliphatic rings. The number of aromatic nitrogens is 4. The highest BCUT2D eigenvalue weighted by Crippen LogP contribution is 2.35. The Morgan fingerprint density at radius 2 is 1.90 bits per heavy atom. The zero-order chi connectivity index (χ0) is 22.2. The van der Waals surface area contributed by atoms with Gasteiger partial charge in [0.2, 0.25) is 5.16 Å². The van der Waals surface area contributed by atoms with Crippen molar-refractivity contribution in [1.29, 1.82) is 0 Å². The lowest BCUT2D eigenvalue weighted by molar-refractivity contribution is 0.269. The summed E-state index contributed by atoms with van der Waals surface area (Å²) >= 11 is 17.7. The molecule has 0 saturated carbocycles. The Balaban J connectivity index is 1.60. The van der Waals surface area contributed by atoms with Gasteiger partial charge in [-0.25, -0.2) is 4.68 Å². The number of aryl methyl sites for hydroxylation is 1. The van der Waals surface area contributed by atoms with E-state index in [4.69, 9.17) is 32.7 Å². The van der Waals surface area contributed by atoms with Crippen LogP contribution in [0.3, 0.4) is 0 Å². The predicted octanol–water partition coefficient (Wildman–Crippen LogP) is 5.14. The van der Waals surface area contributed by atoms with E-state index in [2.05, 4.69) is 36.8 Å². The summed E-state index contributed by atoms with van der Waals surface area (Å²) in [7, 11) is 1.82. The van der Waals surface area contributed by atoms with Crippen molar-refractivity contribution in [2.75, 3.05) is 18.9 Å². The predicted molar refractivity (Wildman–Crippen MR) is 127 cm³/mol. The summed E-state index contributed by atoms with van der Waals surface area (Å²) in [5.41, 5.74) is 1.81. The van der Waals surface area contributed by atoms with Crippen molar-refractivity contribution in [3.63, 3.8) is 0 Å². The fourth-order valence-corrected chi connectivity index (χ4v) is 4.41. The molecule has 1 N–H and O–H groups in total. The smallest absolute Gasteiger partial charge is 0.209 e. The quantitative estimate of drug-likeness (QED) is 0.263. The molecule has 31 heavy (non-hydrogen) atoms. The van der Waals surface area contributed by atoms with Crippen LogP contribution in [0.15, 0.2) is 40.0 Å². The molecule has 0 fully saturated rings. The topological polar surface area (TPSA) is 74.1 Å². The number of nitrogens with zero attached hydrogens (tertiary/aromatic N) is 4. The summed E-state index contributed by atoms with van der Waals surface area (Å²) in [6.07, 6.45) is 0. The van der Waals surface area contributed by atoms with E-state index >= 15 is 0 Å². The molecule has 0 aliphatic carbocycles. The minimum Gasteiger partial charge on any atom is -0.490 e. The third-order valence-electron chi connectivity index (χ3n) is 4.25. The lowest BCUT2D eigenvalue weighted by Gasteiger charge is -2.16. The first kappa shape index (κ1) is 24.1. The van der Waals surface area contributed by atoms with Crippen molar-refractivity contribution in [3.05, 3.63) is 56.0 Å². The lowest BCUT2D eigenvalue weighted by Crippen LogP contribution is -2.17. The van der Waals surface area contributed by atoms with E-state index in [1.807, 2.05) is 26.1 Å². The molecule has 11 heteroatoms. The van der Waals surface area contributed by atoms with E-state index in [1.54, 1.807) is 34.6 Å². The summed E-state index contributed by atoms with van der Waals surface area (Å²) in [6, 6.07) is 9.27. The average Bonchev–Trinajstić information content (AvgIpc) is 3.15. The Hall–Kier alpha value is -1.52. The summed E-state index contributed by atoms with van der Waals surface area (Å²) in [6.45, 7) is 4.19. The van der Waals surface area contributed by atoms with E-state index in [0.29, 0.717) is 34.7 Å². The molecular weight excluding hydrogens is 525 g/mol. The standard InChI is InChI=1S/C20H22BrCl2N5O2S/c1-3-29-18-9-13(11-24-7-8-31-20-25-26-27-28(20)2)15(21)10-19(18)30-12-14-16(22)5-4-6-17(14)23/h4-6,9-10,24H,3,7-8,11-12H2,1-2H3. The number of hydrogen-bond donors (Lipinski definition) is 1. The number of halogens is 3. The number of tetrazole rings is 1.